The molecule has 2 aliphatic carbocycles. The molecule has 3 aromatic rings. The van der Waals surface area contributed by atoms with E-state index in [1.165, 1.54) is 41.8 Å². The summed E-state index contributed by atoms with van der Waals surface area (Å²) in [6.07, 6.45) is 8.77. The minimum atomic E-state index is -3.75. The van der Waals surface area contributed by atoms with E-state index in [9.17, 15) is 13.2 Å². The number of aromatic nitrogens is 1. The van der Waals surface area contributed by atoms with E-state index in [2.05, 4.69) is 5.32 Å². The van der Waals surface area contributed by atoms with Gasteiger partial charge in [0.1, 0.15) is 0 Å². The maximum Gasteiger partial charge on any atom is 0.268 e. The topological polar surface area (TPSA) is 68.2 Å². The first-order valence-corrected chi connectivity index (χ1v) is 12.2. The summed E-state index contributed by atoms with van der Waals surface area (Å²) < 4.78 is 28.3. The van der Waals surface area contributed by atoms with Crippen molar-refractivity contribution in [2.45, 2.75) is 49.3 Å². The van der Waals surface area contributed by atoms with Crippen molar-refractivity contribution in [1.29, 1.82) is 0 Å². The summed E-state index contributed by atoms with van der Waals surface area (Å²) in [6, 6.07) is 14.0. The molecule has 2 aliphatic rings. The van der Waals surface area contributed by atoms with Gasteiger partial charge in [-0.1, -0.05) is 31.0 Å². The lowest BCUT2D eigenvalue weighted by atomic mass is 9.97. The number of nitrogens with zero attached hydrogens (tertiary/aromatic N) is 1. The summed E-state index contributed by atoms with van der Waals surface area (Å²) in [5.74, 6) is 0.870. The second-order valence-corrected chi connectivity index (χ2v) is 10.4. The van der Waals surface area contributed by atoms with E-state index in [-0.39, 0.29) is 10.8 Å². The maximum absolute atomic E-state index is 13.4. The zero-order chi connectivity index (χ0) is 20.7. The number of hydrogen-bond acceptors (Lipinski definition) is 3. The molecule has 1 heterocycles. The first-order valence-electron chi connectivity index (χ1n) is 10.8. The van der Waals surface area contributed by atoms with Crippen LogP contribution in [0.3, 0.4) is 0 Å². The number of rotatable bonds is 6. The normalized spacial score (nSPS) is 17.5. The van der Waals surface area contributed by atoms with E-state index in [1.54, 1.807) is 12.1 Å². The van der Waals surface area contributed by atoms with Crippen LogP contribution in [-0.2, 0) is 10.0 Å². The van der Waals surface area contributed by atoms with Gasteiger partial charge in [-0.25, -0.2) is 12.4 Å². The molecular formula is C24H26N2O3S. The third-order valence-corrected chi connectivity index (χ3v) is 8.11. The highest BCUT2D eigenvalue weighted by Gasteiger charge is 2.26. The highest BCUT2D eigenvalue weighted by atomic mass is 32.2. The number of fused-ring (bicyclic) bond motifs is 1. The molecule has 5 nitrogen and oxygen atoms in total. The van der Waals surface area contributed by atoms with Crippen LogP contribution in [0, 0.1) is 5.92 Å². The number of para-hydroxylation sites is 1. The van der Waals surface area contributed by atoms with Crippen LogP contribution < -0.4 is 5.32 Å². The van der Waals surface area contributed by atoms with Crippen molar-refractivity contribution in [2.24, 2.45) is 5.92 Å². The smallest absolute Gasteiger partial charge is 0.268 e. The lowest BCUT2D eigenvalue weighted by Gasteiger charge is -2.09. The van der Waals surface area contributed by atoms with Crippen LogP contribution in [0.2, 0.25) is 0 Å². The van der Waals surface area contributed by atoms with Gasteiger partial charge in [0, 0.05) is 23.7 Å². The van der Waals surface area contributed by atoms with Gasteiger partial charge >= 0.3 is 0 Å². The minimum Gasteiger partial charge on any atom is -0.352 e. The van der Waals surface area contributed by atoms with Gasteiger partial charge in [-0.2, -0.15) is 0 Å². The van der Waals surface area contributed by atoms with E-state index in [4.69, 9.17) is 0 Å². The first-order chi connectivity index (χ1) is 14.5. The van der Waals surface area contributed by atoms with Crippen LogP contribution in [0.25, 0.3) is 10.9 Å². The summed E-state index contributed by atoms with van der Waals surface area (Å²) in [5.41, 5.74) is 2.33. The average molecular weight is 423 g/mol. The molecule has 0 spiro atoms. The molecule has 2 fully saturated rings. The second kappa shape index (κ2) is 7.58. The number of hydrogen-bond donors (Lipinski definition) is 1. The zero-order valence-electron chi connectivity index (χ0n) is 16.9. The van der Waals surface area contributed by atoms with Gasteiger partial charge in [0.2, 0.25) is 0 Å². The molecular weight excluding hydrogens is 396 g/mol. The third-order valence-electron chi connectivity index (χ3n) is 6.43. The average Bonchev–Trinajstić information content (AvgIpc) is 3.27. The Balaban J connectivity index is 1.47. The molecule has 0 bridgehead atoms. The quantitative estimate of drug-likeness (QED) is 0.627. The molecule has 0 atom stereocenters. The minimum absolute atomic E-state index is 0.152. The number of nitrogens with one attached hydrogen (secondary N) is 1. The monoisotopic (exact) mass is 422 g/mol. The number of amides is 1. The zero-order valence-corrected chi connectivity index (χ0v) is 17.7. The Bertz CT molecular complexity index is 1180. The molecule has 2 saturated carbocycles. The standard InChI is InChI=1S/C24H26N2O3S/c27-24(25-15-17-9-10-17)19-11-13-20(14-12-19)30(28,29)26-16-22(18-5-1-2-6-18)21-7-3-4-8-23(21)26/h3-4,7-8,11-14,16-18H,1-2,5-6,9-10,15H2,(H,25,27). The van der Waals surface area contributed by atoms with Crippen LogP contribution in [-0.4, -0.2) is 24.8 Å². The Kier molecular flexibility index (Phi) is 4.89. The van der Waals surface area contributed by atoms with Gasteiger partial charge in [-0.05, 0) is 73.4 Å². The predicted molar refractivity (Wildman–Crippen MR) is 117 cm³/mol. The molecule has 1 N–H and O–H groups in total. The van der Waals surface area contributed by atoms with E-state index >= 15 is 0 Å². The molecule has 0 aliphatic heterocycles. The SMILES string of the molecule is O=C(NCC1CC1)c1ccc(S(=O)(=O)n2cc(C3CCCC3)c3ccccc32)cc1. The Morgan fingerprint density at radius 1 is 0.967 bits per heavy atom. The van der Waals surface area contributed by atoms with Crippen LogP contribution in [0.15, 0.2) is 59.6 Å². The fraction of sp³-hybridized carbons (Fsp3) is 0.375. The van der Waals surface area contributed by atoms with Gasteiger partial charge in [0.05, 0.1) is 10.4 Å². The Hall–Kier alpha value is -2.60. The number of carbonyl (C=O) groups is 1. The van der Waals surface area contributed by atoms with Crippen LogP contribution in [0.5, 0.6) is 0 Å². The molecule has 5 rings (SSSR count). The van der Waals surface area contributed by atoms with Crippen molar-refractivity contribution in [3.05, 3.63) is 65.9 Å². The van der Waals surface area contributed by atoms with E-state index in [1.807, 2.05) is 30.5 Å². The van der Waals surface area contributed by atoms with E-state index < -0.39 is 10.0 Å². The van der Waals surface area contributed by atoms with Crippen LogP contribution >= 0.6 is 0 Å². The van der Waals surface area contributed by atoms with Crippen molar-refractivity contribution in [2.75, 3.05) is 6.54 Å². The first kappa shape index (κ1) is 19.4. The Labute approximate surface area is 177 Å². The van der Waals surface area contributed by atoms with Gasteiger partial charge < -0.3 is 5.32 Å². The molecule has 6 heteroatoms. The van der Waals surface area contributed by atoms with Crippen LogP contribution in [0.4, 0.5) is 0 Å². The van der Waals surface area contributed by atoms with Crippen molar-refractivity contribution >= 4 is 26.8 Å². The number of benzene rings is 2. The second-order valence-electron chi connectivity index (χ2n) is 8.56. The summed E-state index contributed by atoms with van der Waals surface area (Å²) in [6.45, 7) is 0.693. The van der Waals surface area contributed by atoms with Crippen molar-refractivity contribution in [1.82, 2.24) is 9.29 Å². The van der Waals surface area contributed by atoms with Gasteiger partial charge in [0.25, 0.3) is 15.9 Å². The lowest BCUT2D eigenvalue weighted by Crippen LogP contribution is -2.25. The molecule has 1 aromatic heterocycles. The fourth-order valence-corrected chi connectivity index (χ4v) is 5.87. The van der Waals surface area contributed by atoms with Crippen molar-refractivity contribution < 1.29 is 13.2 Å². The molecule has 30 heavy (non-hydrogen) atoms. The van der Waals surface area contributed by atoms with Crippen molar-refractivity contribution in [3.63, 3.8) is 0 Å². The van der Waals surface area contributed by atoms with Crippen molar-refractivity contribution in [3.8, 4) is 0 Å². The number of carbonyl (C=O) groups excluding carboxylic acids is 1. The molecule has 0 unspecified atom stereocenters. The molecule has 2 aromatic carbocycles. The Morgan fingerprint density at radius 3 is 2.37 bits per heavy atom. The predicted octanol–water partition coefficient (Wildman–Crippen LogP) is 4.68. The molecule has 0 radical (unpaired) electrons. The molecule has 1 amide bonds. The van der Waals surface area contributed by atoms with E-state index in [0.29, 0.717) is 29.5 Å². The highest BCUT2D eigenvalue weighted by molar-refractivity contribution is 7.90. The highest BCUT2D eigenvalue weighted by Crippen LogP contribution is 2.39. The van der Waals surface area contributed by atoms with Gasteiger partial charge in [0.15, 0.2) is 0 Å². The van der Waals surface area contributed by atoms with E-state index in [0.717, 1.165) is 23.8 Å². The molecule has 0 saturated heterocycles. The van der Waals surface area contributed by atoms with Crippen LogP contribution in [0.1, 0.15) is 60.4 Å². The summed E-state index contributed by atoms with van der Waals surface area (Å²) in [5, 5.41) is 3.93. The van der Waals surface area contributed by atoms with Gasteiger partial charge in [-0.3, -0.25) is 4.79 Å². The third kappa shape index (κ3) is 3.54. The molecule has 156 valence electrons. The largest absolute Gasteiger partial charge is 0.352 e. The summed E-state index contributed by atoms with van der Waals surface area (Å²) in [4.78, 5) is 12.5. The Morgan fingerprint density at radius 2 is 1.67 bits per heavy atom. The maximum atomic E-state index is 13.4. The summed E-state index contributed by atoms with van der Waals surface area (Å²) in [7, 11) is -3.75. The fourth-order valence-electron chi connectivity index (χ4n) is 4.49. The summed E-state index contributed by atoms with van der Waals surface area (Å²) >= 11 is 0. The van der Waals surface area contributed by atoms with Gasteiger partial charge in [-0.15, -0.1) is 0 Å². The lowest BCUT2D eigenvalue weighted by molar-refractivity contribution is 0.0951.